The second-order valence-corrected chi connectivity index (χ2v) is 5.49. The summed E-state index contributed by atoms with van der Waals surface area (Å²) in [5.41, 5.74) is 5.40. The van der Waals surface area contributed by atoms with Gasteiger partial charge in [-0.05, 0) is 53.8 Å². The Kier molecular flexibility index (Phi) is 7.66. The van der Waals surface area contributed by atoms with Crippen LogP contribution in [0.15, 0.2) is 43.0 Å². The molecular formula is C22H30. The van der Waals surface area contributed by atoms with Crippen LogP contribution in [0.25, 0.3) is 16.8 Å². The molecule has 0 radical (unpaired) electrons. The topological polar surface area (TPSA) is 0 Å². The SMILES string of the molecule is C1CC1.C=C/C=C\c1c(C)c(C)c2ccccc2c1C.CC. The summed E-state index contributed by atoms with van der Waals surface area (Å²) in [5.74, 6) is 0. The lowest BCUT2D eigenvalue weighted by atomic mass is 9.91. The standard InChI is InChI=1S/C17H18.C3H6.C2H6/c1-5-6-9-15-12(2)13(3)16-10-7-8-11-17(16)14(15)4;1-2-3-1;1-2/h5-11H,1H2,2-4H3;1-3H2;1-2H3/b9-6-;;. The summed E-state index contributed by atoms with van der Waals surface area (Å²) in [5, 5.41) is 2.71. The minimum Gasteiger partial charge on any atom is -0.0991 e. The van der Waals surface area contributed by atoms with Crippen LogP contribution in [0.3, 0.4) is 0 Å². The molecule has 1 fully saturated rings. The van der Waals surface area contributed by atoms with Crippen molar-refractivity contribution in [2.75, 3.05) is 0 Å². The third kappa shape index (κ3) is 4.59. The Hall–Kier alpha value is -1.82. The molecule has 0 nitrogen and oxygen atoms in total. The van der Waals surface area contributed by atoms with Crippen molar-refractivity contribution in [2.24, 2.45) is 0 Å². The van der Waals surface area contributed by atoms with E-state index in [0.717, 1.165) is 0 Å². The van der Waals surface area contributed by atoms with Gasteiger partial charge in [-0.25, -0.2) is 0 Å². The Bertz CT molecular complexity index is 640. The van der Waals surface area contributed by atoms with Crippen LogP contribution in [0.4, 0.5) is 0 Å². The van der Waals surface area contributed by atoms with Crippen LogP contribution in [-0.4, -0.2) is 0 Å². The van der Waals surface area contributed by atoms with E-state index in [4.69, 9.17) is 0 Å². The van der Waals surface area contributed by atoms with E-state index in [1.807, 2.05) is 26.0 Å². The molecule has 1 aliphatic rings. The zero-order chi connectivity index (χ0) is 16.5. The summed E-state index contributed by atoms with van der Waals surface area (Å²) in [6.45, 7) is 14.3. The van der Waals surface area contributed by atoms with Gasteiger partial charge in [0.2, 0.25) is 0 Å². The Morgan fingerprint density at radius 3 is 1.77 bits per heavy atom. The summed E-state index contributed by atoms with van der Waals surface area (Å²) >= 11 is 0. The molecule has 0 unspecified atom stereocenters. The number of benzene rings is 2. The molecule has 0 atom stereocenters. The van der Waals surface area contributed by atoms with E-state index in [0.29, 0.717) is 0 Å². The van der Waals surface area contributed by atoms with Gasteiger partial charge in [-0.2, -0.15) is 0 Å². The van der Waals surface area contributed by atoms with E-state index < -0.39 is 0 Å². The molecule has 0 bridgehead atoms. The zero-order valence-corrected chi connectivity index (χ0v) is 14.9. The molecule has 0 aromatic heterocycles. The highest BCUT2D eigenvalue weighted by Gasteiger charge is 2.08. The number of aryl methyl sites for hydroxylation is 2. The molecule has 2 aromatic rings. The van der Waals surface area contributed by atoms with Crippen molar-refractivity contribution in [1.29, 1.82) is 0 Å². The minimum absolute atomic E-state index is 1.32. The maximum atomic E-state index is 3.73. The number of rotatable bonds is 2. The average molecular weight is 294 g/mol. The van der Waals surface area contributed by atoms with E-state index in [9.17, 15) is 0 Å². The summed E-state index contributed by atoms with van der Waals surface area (Å²) in [7, 11) is 0. The fourth-order valence-corrected chi connectivity index (χ4v) is 2.38. The normalized spacial score (nSPS) is 12.2. The van der Waals surface area contributed by atoms with Crippen molar-refractivity contribution in [3.63, 3.8) is 0 Å². The highest BCUT2D eigenvalue weighted by atomic mass is 14.1. The summed E-state index contributed by atoms with van der Waals surface area (Å²) < 4.78 is 0. The number of fused-ring (bicyclic) bond motifs is 1. The first-order chi connectivity index (χ1) is 10.7. The molecule has 0 spiro atoms. The fraction of sp³-hybridized carbons (Fsp3) is 0.364. The van der Waals surface area contributed by atoms with Crippen LogP contribution in [0.5, 0.6) is 0 Å². The van der Waals surface area contributed by atoms with Crippen molar-refractivity contribution in [3.8, 4) is 0 Å². The Labute approximate surface area is 136 Å². The lowest BCUT2D eigenvalue weighted by Gasteiger charge is -2.14. The number of hydrogen-bond acceptors (Lipinski definition) is 0. The smallest absolute Gasteiger partial charge is 0.0146 e. The van der Waals surface area contributed by atoms with Gasteiger partial charge in [-0.15, -0.1) is 0 Å². The molecule has 0 heterocycles. The van der Waals surface area contributed by atoms with E-state index >= 15 is 0 Å². The molecule has 118 valence electrons. The van der Waals surface area contributed by atoms with Crippen molar-refractivity contribution >= 4 is 16.8 Å². The predicted octanol–water partition coefficient (Wildman–Crippen LogP) is 7.16. The minimum atomic E-state index is 1.32. The maximum absolute atomic E-state index is 3.73. The van der Waals surface area contributed by atoms with Gasteiger partial charge in [0.05, 0.1) is 0 Å². The largest absolute Gasteiger partial charge is 0.0991 e. The van der Waals surface area contributed by atoms with Crippen LogP contribution < -0.4 is 0 Å². The highest BCUT2D eigenvalue weighted by molar-refractivity contribution is 5.92. The molecule has 1 saturated carbocycles. The number of allylic oxidation sites excluding steroid dienone is 2. The molecule has 0 heteroatoms. The van der Waals surface area contributed by atoms with Gasteiger partial charge in [0.25, 0.3) is 0 Å². The monoisotopic (exact) mass is 294 g/mol. The van der Waals surface area contributed by atoms with Gasteiger partial charge in [-0.3, -0.25) is 0 Å². The van der Waals surface area contributed by atoms with Crippen molar-refractivity contribution in [2.45, 2.75) is 53.9 Å². The zero-order valence-electron chi connectivity index (χ0n) is 14.9. The molecule has 0 saturated heterocycles. The summed E-state index contributed by atoms with van der Waals surface area (Å²) in [6, 6.07) is 8.60. The Morgan fingerprint density at radius 1 is 0.818 bits per heavy atom. The molecule has 22 heavy (non-hydrogen) atoms. The predicted molar refractivity (Wildman–Crippen MR) is 103 cm³/mol. The van der Waals surface area contributed by atoms with E-state index in [1.165, 1.54) is 52.3 Å². The number of hydrogen-bond donors (Lipinski definition) is 0. The first-order valence-electron chi connectivity index (χ1n) is 8.44. The summed E-state index contributed by atoms with van der Waals surface area (Å²) in [4.78, 5) is 0. The average Bonchev–Trinajstić information content (AvgIpc) is 3.44. The van der Waals surface area contributed by atoms with Crippen LogP contribution in [0, 0.1) is 20.8 Å². The third-order valence-electron chi connectivity index (χ3n) is 3.86. The van der Waals surface area contributed by atoms with Gasteiger partial charge in [0.15, 0.2) is 0 Å². The second kappa shape index (κ2) is 9.25. The quantitative estimate of drug-likeness (QED) is 0.515. The highest BCUT2D eigenvalue weighted by Crippen LogP contribution is 2.30. The molecule has 1 aliphatic carbocycles. The molecular weight excluding hydrogens is 264 g/mol. The van der Waals surface area contributed by atoms with Gasteiger partial charge >= 0.3 is 0 Å². The lowest BCUT2D eigenvalue weighted by Crippen LogP contribution is -1.93. The van der Waals surface area contributed by atoms with E-state index in [1.54, 1.807) is 0 Å². The van der Waals surface area contributed by atoms with Crippen LogP contribution >= 0.6 is 0 Å². The first kappa shape index (κ1) is 18.2. The first-order valence-corrected chi connectivity index (χ1v) is 8.44. The molecule has 3 rings (SSSR count). The molecule has 0 amide bonds. The van der Waals surface area contributed by atoms with Gasteiger partial charge in [-0.1, -0.05) is 82.2 Å². The lowest BCUT2D eigenvalue weighted by molar-refractivity contribution is 1.32. The second-order valence-electron chi connectivity index (χ2n) is 5.49. The van der Waals surface area contributed by atoms with Crippen LogP contribution in [-0.2, 0) is 0 Å². The van der Waals surface area contributed by atoms with E-state index in [2.05, 4.69) is 57.7 Å². The summed E-state index contributed by atoms with van der Waals surface area (Å²) in [6.07, 6.45) is 10.5. The maximum Gasteiger partial charge on any atom is -0.0146 e. The molecule has 0 N–H and O–H groups in total. The van der Waals surface area contributed by atoms with E-state index in [-0.39, 0.29) is 0 Å². The third-order valence-corrected chi connectivity index (χ3v) is 3.86. The van der Waals surface area contributed by atoms with Crippen LogP contribution in [0.1, 0.15) is 55.4 Å². The van der Waals surface area contributed by atoms with Crippen molar-refractivity contribution in [3.05, 3.63) is 65.3 Å². The molecule has 0 aliphatic heterocycles. The van der Waals surface area contributed by atoms with Crippen LogP contribution in [0.2, 0.25) is 0 Å². The van der Waals surface area contributed by atoms with Gasteiger partial charge in [0.1, 0.15) is 0 Å². The Balaban J connectivity index is 0.000000419. The van der Waals surface area contributed by atoms with Gasteiger partial charge in [0, 0.05) is 0 Å². The fourth-order valence-electron chi connectivity index (χ4n) is 2.38. The molecule has 2 aromatic carbocycles. The van der Waals surface area contributed by atoms with Gasteiger partial charge < -0.3 is 0 Å². The Morgan fingerprint density at radius 2 is 1.32 bits per heavy atom. The van der Waals surface area contributed by atoms with Crippen molar-refractivity contribution in [1.82, 2.24) is 0 Å². The van der Waals surface area contributed by atoms with Crippen molar-refractivity contribution < 1.29 is 0 Å².